The van der Waals surface area contributed by atoms with Gasteiger partial charge in [0.1, 0.15) is 10.9 Å². The van der Waals surface area contributed by atoms with Crippen LogP contribution in [0, 0.1) is 0 Å². The van der Waals surface area contributed by atoms with Gasteiger partial charge in [0.25, 0.3) is 0 Å². The van der Waals surface area contributed by atoms with Crippen LogP contribution in [0.5, 0.6) is 5.75 Å². The van der Waals surface area contributed by atoms with Gasteiger partial charge in [-0.3, -0.25) is 0 Å². The summed E-state index contributed by atoms with van der Waals surface area (Å²) in [5.41, 5.74) is 3.27. The van der Waals surface area contributed by atoms with Crippen molar-refractivity contribution in [2.45, 2.75) is 32.2 Å². The Bertz CT molecular complexity index is 645. The molecular formula is C16H18ClN3O. The molecule has 0 saturated carbocycles. The van der Waals surface area contributed by atoms with E-state index < -0.39 is 0 Å². The van der Waals surface area contributed by atoms with Crippen LogP contribution in [-0.4, -0.2) is 17.1 Å². The molecule has 0 spiro atoms. The van der Waals surface area contributed by atoms with Gasteiger partial charge in [0.05, 0.1) is 12.8 Å². The molecule has 0 saturated heterocycles. The number of aromatic nitrogens is 2. The summed E-state index contributed by atoms with van der Waals surface area (Å²) in [6.45, 7) is 0.610. The van der Waals surface area contributed by atoms with E-state index in [0.29, 0.717) is 17.6 Å². The minimum Gasteiger partial charge on any atom is -0.496 e. The van der Waals surface area contributed by atoms with Crippen LogP contribution in [0.4, 0.5) is 5.95 Å². The van der Waals surface area contributed by atoms with Crippen molar-refractivity contribution < 1.29 is 4.74 Å². The third-order valence-corrected chi connectivity index (χ3v) is 4.07. The predicted octanol–water partition coefficient (Wildman–Crippen LogP) is 3.63. The lowest BCUT2D eigenvalue weighted by Gasteiger charge is -2.17. The van der Waals surface area contributed by atoms with Crippen molar-refractivity contribution in [3.8, 4) is 5.75 Å². The van der Waals surface area contributed by atoms with Crippen LogP contribution in [0.3, 0.4) is 0 Å². The number of nitrogens with zero attached hydrogens (tertiary/aromatic N) is 2. The number of hydrogen-bond acceptors (Lipinski definition) is 4. The summed E-state index contributed by atoms with van der Waals surface area (Å²) in [5, 5.41) is 3.83. The first kappa shape index (κ1) is 14.1. The zero-order valence-corrected chi connectivity index (χ0v) is 12.8. The lowest BCUT2D eigenvalue weighted by Crippen LogP contribution is -2.12. The molecule has 21 heavy (non-hydrogen) atoms. The molecule has 3 rings (SSSR count). The Morgan fingerprint density at radius 1 is 1.19 bits per heavy atom. The molecule has 1 aliphatic rings. The third-order valence-electron chi connectivity index (χ3n) is 3.76. The summed E-state index contributed by atoms with van der Waals surface area (Å²) in [5.74, 6) is 1.45. The third kappa shape index (κ3) is 3.10. The van der Waals surface area contributed by atoms with Crippen molar-refractivity contribution in [1.29, 1.82) is 0 Å². The quantitative estimate of drug-likeness (QED) is 0.876. The van der Waals surface area contributed by atoms with Crippen LogP contribution >= 0.6 is 11.6 Å². The van der Waals surface area contributed by atoms with Crippen molar-refractivity contribution in [1.82, 2.24) is 9.97 Å². The van der Waals surface area contributed by atoms with Gasteiger partial charge < -0.3 is 10.1 Å². The molecule has 0 atom stereocenters. The van der Waals surface area contributed by atoms with E-state index in [2.05, 4.69) is 15.3 Å². The molecule has 1 heterocycles. The number of fused-ring (bicyclic) bond motifs is 1. The Hall–Kier alpha value is -1.81. The standard InChI is InChI=1S/C16H18ClN3O/c1-21-14-9-5-2-6-11(14)10-18-16-19-13-8-4-3-7-12(13)15(17)20-16/h2,5-6,9H,3-4,7-8,10H2,1H3,(H,18,19,20). The maximum Gasteiger partial charge on any atom is 0.224 e. The number of benzene rings is 1. The monoisotopic (exact) mass is 303 g/mol. The minimum atomic E-state index is 0.585. The highest BCUT2D eigenvalue weighted by Gasteiger charge is 2.16. The average Bonchev–Trinajstić information content (AvgIpc) is 2.53. The average molecular weight is 304 g/mol. The van der Waals surface area contributed by atoms with Crippen LogP contribution in [0.2, 0.25) is 5.15 Å². The number of methoxy groups -OCH3 is 1. The van der Waals surface area contributed by atoms with E-state index in [1.807, 2.05) is 24.3 Å². The fourth-order valence-corrected chi connectivity index (χ4v) is 2.93. The van der Waals surface area contributed by atoms with Crippen LogP contribution in [0.15, 0.2) is 24.3 Å². The maximum absolute atomic E-state index is 6.27. The molecule has 4 nitrogen and oxygen atoms in total. The minimum absolute atomic E-state index is 0.585. The predicted molar refractivity (Wildman–Crippen MR) is 84.0 cm³/mol. The van der Waals surface area contributed by atoms with Gasteiger partial charge in [-0.2, -0.15) is 0 Å². The molecule has 0 fully saturated rings. The Balaban J connectivity index is 1.78. The largest absolute Gasteiger partial charge is 0.496 e. The van der Waals surface area contributed by atoms with Crippen LogP contribution in [0.1, 0.15) is 29.7 Å². The zero-order chi connectivity index (χ0) is 14.7. The van der Waals surface area contributed by atoms with Crippen molar-refractivity contribution in [3.05, 3.63) is 46.2 Å². The lowest BCUT2D eigenvalue weighted by molar-refractivity contribution is 0.410. The van der Waals surface area contributed by atoms with Crippen LogP contribution < -0.4 is 10.1 Å². The number of nitrogens with one attached hydrogen (secondary N) is 1. The second kappa shape index (κ2) is 6.31. The van der Waals surface area contributed by atoms with Crippen molar-refractivity contribution >= 4 is 17.5 Å². The van der Waals surface area contributed by atoms with Gasteiger partial charge in [-0.05, 0) is 31.7 Å². The summed E-state index contributed by atoms with van der Waals surface area (Å²) >= 11 is 6.27. The highest BCUT2D eigenvalue weighted by molar-refractivity contribution is 6.30. The molecule has 0 bridgehead atoms. The summed E-state index contributed by atoms with van der Waals surface area (Å²) in [7, 11) is 1.67. The Morgan fingerprint density at radius 2 is 2.00 bits per heavy atom. The van der Waals surface area contributed by atoms with E-state index in [-0.39, 0.29) is 0 Å². The summed E-state index contributed by atoms with van der Waals surface area (Å²) in [4.78, 5) is 8.96. The van der Waals surface area contributed by atoms with Crippen molar-refractivity contribution in [3.63, 3.8) is 0 Å². The van der Waals surface area contributed by atoms with Gasteiger partial charge in [0, 0.05) is 17.7 Å². The molecule has 1 N–H and O–H groups in total. The Labute approximate surface area is 129 Å². The second-order valence-electron chi connectivity index (χ2n) is 5.14. The van der Waals surface area contributed by atoms with Crippen LogP contribution in [-0.2, 0) is 19.4 Å². The first-order chi connectivity index (χ1) is 10.3. The number of halogens is 1. The van der Waals surface area contributed by atoms with Gasteiger partial charge in [0.2, 0.25) is 5.95 Å². The van der Waals surface area contributed by atoms with E-state index in [9.17, 15) is 0 Å². The molecule has 110 valence electrons. The SMILES string of the molecule is COc1ccccc1CNc1nc(Cl)c2c(n1)CCCC2. The number of rotatable bonds is 4. The summed E-state index contributed by atoms with van der Waals surface area (Å²) < 4.78 is 5.34. The van der Waals surface area contributed by atoms with E-state index >= 15 is 0 Å². The summed E-state index contributed by atoms with van der Waals surface area (Å²) in [6.07, 6.45) is 4.32. The van der Waals surface area contributed by atoms with E-state index in [1.54, 1.807) is 7.11 Å². The zero-order valence-electron chi connectivity index (χ0n) is 12.0. The number of anilines is 1. The van der Waals surface area contributed by atoms with Gasteiger partial charge in [-0.25, -0.2) is 9.97 Å². The Kier molecular flexibility index (Phi) is 4.25. The summed E-state index contributed by atoms with van der Waals surface area (Å²) in [6, 6.07) is 7.90. The fourth-order valence-electron chi connectivity index (χ4n) is 2.65. The molecule has 0 radical (unpaired) electrons. The molecule has 1 aromatic heterocycles. The molecule has 0 unspecified atom stereocenters. The molecule has 0 amide bonds. The molecule has 1 aromatic carbocycles. The topological polar surface area (TPSA) is 47.0 Å². The van der Waals surface area contributed by atoms with E-state index in [1.165, 1.54) is 12.8 Å². The smallest absolute Gasteiger partial charge is 0.224 e. The molecule has 2 aromatic rings. The second-order valence-corrected chi connectivity index (χ2v) is 5.49. The number of para-hydroxylation sites is 1. The number of ether oxygens (including phenoxy) is 1. The number of aryl methyl sites for hydroxylation is 1. The van der Waals surface area contributed by atoms with Crippen molar-refractivity contribution in [2.24, 2.45) is 0 Å². The number of hydrogen-bond donors (Lipinski definition) is 1. The van der Waals surface area contributed by atoms with Gasteiger partial charge >= 0.3 is 0 Å². The lowest BCUT2D eigenvalue weighted by atomic mass is 9.97. The Morgan fingerprint density at radius 3 is 2.86 bits per heavy atom. The molecule has 1 aliphatic carbocycles. The fraction of sp³-hybridized carbons (Fsp3) is 0.375. The molecule has 0 aliphatic heterocycles. The first-order valence-corrected chi connectivity index (χ1v) is 7.57. The van der Waals surface area contributed by atoms with E-state index in [4.69, 9.17) is 16.3 Å². The van der Waals surface area contributed by atoms with Crippen molar-refractivity contribution in [2.75, 3.05) is 12.4 Å². The van der Waals surface area contributed by atoms with Crippen LogP contribution in [0.25, 0.3) is 0 Å². The highest BCUT2D eigenvalue weighted by Crippen LogP contribution is 2.26. The molecular weight excluding hydrogens is 286 g/mol. The van der Waals surface area contributed by atoms with Gasteiger partial charge in [-0.15, -0.1) is 0 Å². The van der Waals surface area contributed by atoms with Gasteiger partial charge in [-0.1, -0.05) is 29.8 Å². The van der Waals surface area contributed by atoms with E-state index in [0.717, 1.165) is 35.4 Å². The van der Waals surface area contributed by atoms with Gasteiger partial charge in [0.15, 0.2) is 0 Å². The highest BCUT2D eigenvalue weighted by atomic mass is 35.5. The maximum atomic E-state index is 6.27. The first-order valence-electron chi connectivity index (χ1n) is 7.19. The normalized spacial score (nSPS) is 13.6. The molecule has 5 heteroatoms.